The first-order valence-corrected chi connectivity index (χ1v) is 14.0. The van der Waals surface area contributed by atoms with E-state index in [1.807, 2.05) is 0 Å². The van der Waals surface area contributed by atoms with Gasteiger partial charge in [-0.2, -0.15) is 0 Å². The summed E-state index contributed by atoms with van der Waals surface area (Å²) in [6, 6.07) is 0. The predicted octanol–water partition coefficient (Wildman–Crippen LogP) is 9.28. The Hall–Kier alpha value is -1.12. The van der Waals surface area contributed by atoms with E-state index in [1.54, 1.807) is 0 Å². The van der Waals surface area contributed by atoms with Crippen LogP contribution in [0.4, 0.5) is 0 Å². The maximum Gasteiger partial charge on any atom is 0.293 e. The molecule has 0 unspecified atom stereocenters. The minimum absolute atomic E-state index is 0.470. The number of Topliss-reactive ketones (excluding diaryl/α,β-unsaturated/α-hetero) is 1. The second-order valence-electron chi connectivity index (χ2n) is 9.42. The molecule has 0 spiro atoms. The molecule has 0 radical (unpaired) electrons. The Labute approximate surface area is 200 Å². The summed E-state index contributed by atoms with van der Waals surface area (Å²) in [6.45, 7) is 3.36. The van der Waals surface area contributed by atoms with Crippen molar-refractivity contribution >= 4 is 12.3 Å². The van der Waals surface area contributed by atoms with Crippen LogP contribution >= 0.6 is 0 Å². The van der Waals surface area contributed by atoms with Gasteiger partial charge >= 0.3 is 0 Å². The molecule has 3 nitrogen and oxygen atoms in total. The zero-order valence-corrected chi connectivity index (χ0v) is 21.4. The summed E-state index contributed by atoms with van der Waals surface area (Å²) >= 11 is 0. The van der Waals surface area contributed by atoms with E-state index >= 15 is 0 Å². The second kappa shape index (κ2) is 27.9. The molecule has 0 fully saturated rings. The van der Waals surface area contributed by atoms with E-state index in [1.165, 1.54) is 109 Å². The zero-order chi connectivity index (χ0) is 23.4. The SMILES string of the molecule is CCCCCCCC/C=C\CCCCCCCC(=O)CCCCCCCCCCOC=O. The van der Waals surface area contributed by atoms with Crippen molar-refractivity contribution in [3.05, 3.63) is 12.2 Å². The molecule has 32 heavy (non-hydrogen) atoms. The van der Waals surface area contributed by atoms with Crippen LogP contribution in [0.2, 0.25) is 0 Å². The Bertz CT molecular complexity index is 417. The van der Waals surface area contributed by atoms with E-state index in [0.717, 1.165) is 38.5 Å². The van der Waals surface area contributed by atoms with Gasteiger partial charge < -0.3 is 4.74 Å². The van der Waals surface area contributed by atoms with Crippen LogP contribution in [0.3, 0.4) is 0 Å². The fraction of sp³-hybridized carbons (Fsp3) is 0.862. The third kappa shape index (κ3) is 26.9. The molecular weight excluding hydrogens is 396 g/mol. The van der Waals surface area contributed by atoms with Crippen molar-refractivity contribution in [1.29, 1.82) is 0 Å². The number of ether oxygens (including phenoxy) is 1. The fourth-order valence-electron chi connectivity index (χ4n) is 4.13. The van der Waals surface area contributed by atoms with E-state index < -0.39 is 0 Å². The predicted molar refractivity (Wildman–Crippen MR) is 138 cm³/mol. The molecule has 0 aromatic rings. The lowest BCUT2D eigenvalue weighted by Gasteiger charge is -2.03. The summed E-state index contributed by atoms with van der Waals surface area (Å²) in [4.78, 5) is 22.0. The Morgan fingerprint density at radius 3 is 1.44 bits per heavy atom. The molecular formula is C29H54O3. The molecule has 0 aliphatic heterocycles. The van der Waals surface area contributed by atoms with E-state index in [-0.39, 0.29) is 0 Å². The maximum atomic E-state index is 12.0. The first-order valence-electron chi connectivity index (χ1n) is 14.0. The maximum absolute atomic E-state index is 12.0. The van der Waals surface area contributed by atoms with Crippen LogP contribution in [0.1, 0.15) is 155 Å². The molecule has 0 aliphatic carbocycles. The fourth-order valence-corrected chi connectivity index (χ4v) is 4.13. The Balaban J connectivity index is 3.20. The van der Waals surface area contributed by atoms with Crippen molar-refractivity contribution in [2.24, 2.45) is 0 Å². The lowest BCUT2D eigenvalue weighted by Crippen LogP contribution is -1.97. The molecule has 0 amide bonds. The van der Waals surface area contributed by atoms with Gasteiger partial charge in [0.05, 0.1) is 6.61 Å². The largest absolute Gasteiger partial charge is 0.468 e. The molecule has 0 N–H and O–H groups in total. The van der Waals surface area contributed by atoms with Crippen LogP contribution in [0.15, 0.2) is 12.2 Å². The van der Waals surface area contributed by atoms with Crippen LogP contribution < -0.4 is 0 Å². The third-order valence-electron chi connectivity index (χ3n) is 6.25. The molecule has 0 atom stereocenters. The smallest absolute Gasteiger partial charge is 0.293 e. The molecule has 0 aromatic carbocycles. The number of hydrogen-bond acceptors (Lipinski definition) is 3. The van der Waals surface area contributed by atoms with Crippen molar-refractivity contribution < 1.29 is 14.3 Å². The summed E-state index contributed by atoms with van der Waals surface area (Å²) < 4.78 is 4.68. The number of carbonyl (C=O) groups is 2. The minimum atomic E-state index is 0.470. The first kappa shape index (κ1) is 30.9. The number of rotatable bonds is 27. The van der Waals surface area contributed by atoms with Gasteiger partial charge in [0.1, 0.15) is 5.78 Å². The Kier molecular flexibility index (Phi) is 26.9. The highest BCUT2D eigenvalue weighted by molar-refractivity contribution is 5.78. The molecule has 0 saturated carbocycles. The van der Waals surface area contributed by atoms with Gasteiger partial charge in [-0.15, -0.1) is 0 Å². The van der Waals surface area contributed by atoms with E-state index in [0.29, 0.717) is 18.9 Å². The number of carbonyl (C=O) groups excluding carboxylic acids is 2. The number of hydrogen-bond donors (Lipinski definition) is 0. The van der Waals surface area contributed by atoms with Crippen molar-refractivity contribution in [3.63, 3.8) is 0 Å². The van der Waals surface area contributed by atoms with Gasteiger partial charge in [-0.05, 0) is 44.9 Å². The topological polar surface area (TPSA) is 43.4 Å². The van der Waals surface area contributed by atoms with Crippen LogP contribution in [0.25, 0.3) is 0 Å². The summed E-state index contributed by atoms with van der Waals surface area (Å²) in [5.74, 6) is 0.470. The lowest BCUT2D eigenvalue weighted by atomic mass is 10.0. The van der Waals surface area contributed by atoms with Gasteiger partial charge in [0.15, 0.2) is 0 Å². The quantitative estimate of drug-likeness (QED) is 0.0711. The average Bonchev–Trinajstić information content (AvgIpc) is 2.80. The number of ketones is 1. The van der Waals surface area contributed by atoms with E-state index in [2.05, 4.69) is 23.8 Å². The third-order valence-corrected chi connectivity index (χ3v) is 6.25. The Morgan fingerprint density at radius 1 is 0.562 bits per heavy atom. The molecule has 0 aliphatic rings. The molecule has 0 rings (SSSR count). The minimum Gasteiger partial charge on any atom is -0.468 e. The van der Waals surface area contributed by atoms with Crippen LogP contribution in [0, 0.1) is 0 Å². The Morgan fingerprint density at radius 2 is 0.969 bits per heavy atom. The summed E-state index contributed by atoms with van der Waals surface area (Å²) in [6.07, 6.45) is 32.6. The molecule has 0 bridgehead atoms. The number of allylic oxidation sites excluding steroid dienone is 2. The van der Waals surface area contributed by atoms with Crippen LogP contribution in [0.5, 0.6) is 0 Å². The summed E-state index contributed by atoms with van der Waals surface area (Å²) in [7, 11) is 0. The van der Waals surface area contributed by atoms with Gasteiger partial charge in [-0.3, -0.25) is 9.59 Å². The lowest BCUT2D eigenvalue weighted by molar-refractivity contribution is -0.128. The highest BCUT2D eigenvalue weighted by Gasteiger charge is 2.02. The van der Waals surface area contributed by atoms with Crippen molar-refractivity contribution in [2.75, 3.05) is 6.61 Å². The van der Waals surface area contributed by atoms with Crippen molar-refractivity contribution in [2.45, 2.75) is 155 Å². The summed E-state index contributed by atoms with van der Waals surface area (Å²) in [5, 5.41) is 0. The molecule has 3 heteroatoms. The van der Waals surface area contributed by atoms with Crippen molar-refractivity contribution in [3.8, 4) is 0 Å². The molecule has 0 saturated heterocycles. The molecule has 188 valence electrons. The molecule has 0 heterocycles. The normalized spacial score (nSPS) is 11.3. The second-order valence-corrected chi connectivity index (χ2v) is 9.42. The first-order chi connectivity index (χ1) is 15.8. The van der Waals surface area contributed by atoms with Gasteiger partial charge in [0.2, 0.25) is 0 Å². The number of unbranched alkanes of at least 4 members (excludes halogenated alkanes) is 18. The van der Waals surface area contributed by atoms with Gasteiger partial charge in [0, 0.05) is 12.8 Å². The molecule has 0 aromatic heterocycles. The van der Waals surface area contributed by atoms with E-state index in [9.17, 15) is 9.59 Å². The summed E-state index contributed by atoms with van der Waals surface area (Å²) in [5.41, 5.74) is 0. The van der Waals surface area contributed by atoms with E-state index in [4.69, 9.17) is 0 Å². The van der Waals surface area contributed by atoms with Gasteiger partial charge in [-0.25, -0.2) is 0 Å². The average molecular weight is 451 g/mol. The van der Waals surface area contributed by atoms with Gasteiger partial charge in [-0.1, -0.05) is 109 Å². The highest BCUT2D eigenvalue weighted by Crippen LogP contribution is 2.13. The zero-order valence-electron chi connectivity index (χ0n) is 21.4. The van der Waals surface area contributed by atoms with Crippen LogP contribution in [-0.2, 0) is 14.3 Å². The monoisotopic (exact) mass is 450 g/mol. The van der Waals surface area contributed by atoms with Gasteiger partial charge in [0.25, 0.3) is 6.47 Å². The van der Waals surface area contributed by atoms with Crippen LogP contribution in [-0.4, -0.2) is 18.9 Å². The standard InChI is InChI=1S/C29H54O3/c1-2-3-4-5-6-7-8-9-10-11-12-13-16-19-22-25-29(31)26-23-20-17-14-15-18-21-24-27-32-28-30/h9-10,28H,2-8,11-27H2,1H3/b10-9-. The highest BCUT2D eigenvalue weighted by atomic mass is 16.5. The van der Waals surface area contributed by atoms with Crippen molar-refractivity contribution in [1.82, 2.24) is 0 Å².